The smallest absolute Gasteiger partial charge is 0.233 e. The molecule has 144 valence electrons. The van der Waals surface area contributed by atoms with E-state index in [1.54, 1.807) is 12.4 Å². The van der Waals surface area contributed by atoms with E-state index < -0.39 is 0 Å². The molecule has 2 atom stereocenters. The lowest BCUT2D eigenvalue weighted by atomic mass is 9.78. The molecule has 1 aliphatic carbocycles. The number of aromatic nitrogens is 4. The van der Waals surface area contributed by atoms with Crippen molar-refractivity contribution in [3.63, 3.8) is 0 Å². The van der Waals surface area contributed by atoms with Crippen LogP contribution in [0.5, 0.6) is 0 Å². The summed E-state index contributed by atoms with van der Waals surface area (Å²) in [5.41, 5.74) is 0.999. The number of pyridine rings is 1. The molecule has 0 bridgehead atoms. The molecule has 3 heterocycles. The minimum Gasteiger partial charge on any atom is -0.339 e. The molecule has 27 heavy (non-hydrogen) atoms. The highest BCUT2D eigenvalue weighted by molar-refractivity contribution is 7.99. The Bertz CT molecular complexity index is 776. The molecule has 2 aromatic rings. The molecule has 6 nitrogen and oxygen atoms in total. The van der Waals surface area contributed by atoms with Crippen molar-refractivity contribution in [2.75, 3.05) is 12.3 Å². The van der Waals surface area contributed by atoms with Crippen LogP contribution in [0.4, 0.5) is 0 Å². The highest BCUT2D eigenvalue weighted by Crippen LogP contribution is 2.35. The van der Waals surface area contributed by atoms with E-state index in [0.717, 1.165) is 42.0 Å². The number of hydrogen-bond acceptors (Lipinski definition) is 5. The number of hydrogen-bond donors (Lipinski definition) is 0. The number of rotatable bonds is 5. The number of amides is 1. The zero-order valence-electron chi connectivity index (χ0n) is 15.9. The maximum Gasteiger partial charge on any atom is 0.233 e. The monoisotopic (exact) mass is 385 g/mol. The van der Waals surface area contributed by atoms with Crippen LogP contribution in [0.1, 0.15) is 45.4 Å². The molecular formula is C20H27N5OS. The highest BCUT2D eigenvalue weighted by Gasteiger charge is 2.35. The zero-order chi connectivity index (χ0) is 18.6. The largest absolute Gasteiger partial charge is 0.339 e. The lowest BCUT2D eigenvalue weighted by Gasteiger charge is -2.44. The Labute approximate surface area is 164 Å². The van der Waals surface area contributed by atoms with E-state index in [2.05, 4.69) is 31.6 Å². The van der Waals surface area contributed by atoms with Gasteiger partial charge in [0.15, 0.2) is 11.0 Å². The third-order valence-corrected chi connectivity index (χ3v) is 6.81. The number of carbonyl (C=O) groups is 1. The number of fused-ring (bicyclic) bond motifs is 1. The van der Waals surface area contributed by atoms with Gasteiger partial charge in [0.2, 0.25) is 5.91 Å². The molecule has 0 N–H and O–H groups in total. The number of nitrogens with zero attached hydrogens (tertiary/aromatic N) is 5. The molecule has 2 aromatic heterocycles. The van der Waals surface area contributed by atoms with Crippen LogP contribution in [0, 0.1) is 5.92 Å². The second kappa shape index (κ2) is 8.42. The van der Waals surface area contributed by atoms with Crippen molar-refractivity contribution < 1.29 is 4.79 Å². The van der Waals surface area contributed by atoms with Gasteiger partial charge in [0, 0.05) is 37.1 Å². The van der Waals surface area contributed by atoms with Crippen LogP contribution in [0.3, 0.4) is 0 Å². The molecule has 1 amide bonds. The van der Waals surface area contributed by atoms with Crippen molar-refractivity contribution in [1.82, 2.24) is 24.6 Å². The summed E-state index contributed by atoms with van der Waals surface area (Å²) in [6, 6.07) is 4.34. The third-order valence-electron chi connectivity index (χ3n) is 5.86. The summed E-state index contributed by atoms with van der Waals surface area (Å²) in [5, 5.41) is 9.51. The molecule has 7 heteroatoms. The minimum absolute atomic E-state index is 0.257. The summed E-state index contributed by atoms with van der Waals surface area (Å²) in [7, 11) is 0. The van der Waals surface area contributed by atoms with Crippen LogP contribution in [-0.4, -0.2) is 48.9 Å². The first-order valence-corrected chi connectivity index (χ1v) is 11.0. The van der Waals surface area contributed by atoms with Crippen LogP contribution < -0.4 is 0 Å². The molecular weight excluding hydrogens is 358 g/mol. The van der Waals surface area contributed by atoms with Crippen LogP contribution in [0.15, 0.2) is 29.7 Å². The van der Waals surface area contributed by atoms with E-state index in [9.17, 15) is 4.79 Å². The predicted molar refractivity (Wildman–Crippen MR) is 106 cm³/mol. The molecule has 1 aliphatic heterocycles. The Morgan fingerprint density at radius 1 is 1.15 bits per heavy atom. The van der Waals surface area contributed by atoms with Crippen LogP contribution in [-0.2, 0) is 11.3 Å². The normalized spacial score (nSPS) is 22.5. The highest BCUT2D eigenvalue weighted by atomic mass is 32.2. The lowest BCUT2D eigenvalue weighted by Crippen LogP contribution is -2.50. The fourth-order valence-corrected chi connectivity index (χ4v) is 5.43. The fraction of sp³-hybridized carbons (Fsp3) is 0.600. The van der Waals surface area contributed by atoms with Gasteiger partial charge in [0.25, 0.3) is 0 Å². The van der Waals surface area contributed by atoms with Crippen LogP contribution in [0.25, 0.3) is 11.4 Å². The first-order valence-electron chi connectivity index (χ1n) is 10.0. The van der Waals surface area contributed by atoms with E-state index in [0.29, 0.717) is 11.8 Å². The standard InChI is InChI=1S/C20H27N5OS/c1-2-24-19(16-9-11-21-12-10-16)22-23-20(24)27-14-18(26)25-13-5-7-15-6-3-4-8-17(15)25/h9-12,15,17H,2-8,13-14H2,1H3/t15-,17-/m1/s1. The van der Waals surface area contributed by atoms with Gasteiger partial charge in [-0.2, -0.15) is 0 Å². The Hall–Kier alpha value is -1.89. The molecule has 0 unspecified atom stereocenters. The van der Waals surface area contributed by atoms with Gasteiger partial charge in [-0.3, -0.25) is 9.78 Å². The van der Waals surface area contributed by atoms with E-state index in [1.807, 2.05) is 12.1 Å². The van der Waals surface area contributed by atoms with E-state index in [1.165, 1.54) is 43.9 Å². The maximum absolute atomic E-state index is 12.9. The quantitative estimate of drug-likeness (QED) is 0.736. The Balaban J connectivity index is 1.44. The summed E-state index contributed by atoms with van der Waals surface area (Å²) < 4.78 is 2.08. The molecule has 4 rings (SSSR count). The average molecular weight is 386 g/mol. The number of piperidine rings is 1. The van der Waals surface area contributed by atoms with Gasteiger partial charge >= 0.3 is 0 Å². The van der Waals surface area contributed by atoms with Crippen molar-refractivity contribution in [2.45, 2.75) is 63.2 Å². The Kier molecular flexibility index (Phi) is 5.76. The SMILES string of the molecule is CCn1c(SCC(=O)N2CCC[C@H]3CCCC[C@H]32)nnc1-c1ccncc1. The topological polar surface area (TPSA) is 63.9 Å². The minimum atomic E-state index is 0.257. The summed E-state index contributed by atoms with van der Waals surface area (Å²) in [6.07, 6.45) is 11.0. The zero-order valence-corrected chi connectivity index (χ0v) is 16.7. The molecule has 1 saturated heterocycles. The average Bonchev–Trinajstić information content (AvgIpc) is 3.15. The van der Waals surface area contributed by atoms with Gasteiger partial charge in [0.1, 0.15) is 0 Å². The number of thioether (sulfide) groups is 1. The molecule has 0 radical (unpaired) electrons. The van der Waals surface area contributed by atoms with Crippen molar-refractivity contribution >= 4 is 17.7 Å². The third kappa shape index (κ3) is 3.88. The predicted octanol–water partition coefficient (Wildman–Crippen LogP) is 3.63. The van der Waals surface area contributed by atoms with Gasteiger partial charge in [-0.25, -0.2) is 0 Å². The van der Waals surface area contributed by atoms with Gasteiger partial charge < -0.3 is 9.47 Å². The molecule has 2 aliphatic rings. The summed E-state index contributed by atoms with van der Waals surface area (Å²) >= 11 is 1.51. The van der Waals surface area contributed by atoms with Gasteiger partial charge in [0.05, 0.1) is 5.75 Å². The first-order chi connectivity index (χ1) is 13.3. The fourth-order valence-electron chi connectivity index (χ4n) is 4.54. The van der Waals surface area contributed by atoms with Gasteiger partial charge in [-0.15, -0.1) is 10.2 Å². The van der Waals surface area contributed by atoms with Crippen molar-refractivity contribution in [3.05, 3.63) is 24.5 Å². The van der Waals surface area contributed by atoms with Crippen LogP contribution in [0.2, 0.25) is 0 Å². The molecule has 1 saturated carbocycles. The number of carbonyl (C=O) groups excluding carboxylic acids is 1. The number of likely N-dealkylation sites (tertiary alicyclic amines) is 1. The van der Waals surface area contributed by atoms with E-state index >= 15 is 0 Å². The lowest BCUT2D eigenvalue weighted by molar-refractivity contribution is -0.134. The summed E-state index contributed by atoms with van der Waals surface area (Å²) in [6.45, 7) is 3.77. The Morgan fingerprint density at radius 3 is 2.74 bits per heavy atom. The molecule has 0 spiro atoms. The van der Waals surface area contributed by atoms with E-state index in [-0.39, 0.29) is 5.91 Å². The summed E-state index contributed by atoms with van der Waals surface area (Å²) in [5.74, 6) is 2.25. The molecule has 2 fully saturated rings. The second-order valence-electron chi connectivity index (χ2n) is 7.42. The maximum atomic E-state index is 12.9. The Morgan fingerprint density at radius 2 is 1.93 bits per heavy atom. The second-order valence-corrected chi connectivity index (χ2v) is 8.36. The van der Waals surface area contributed by atoms with Crippen molar-refractivity contribution in [2.24, 2.45) is 5.92 Å². The van der Waals surface area contributed by atoms with Crippen LogP contribution >= 0.6 is 11.8 Å². The van der Waals surface area contributed by atoms with Crippen molar-refractivity contribution in [3.8, 4) is 11.4 Å². The van der Waals surface area contributed by atoms with Gasteiger partial charge in [-0.05, 0) is 50.7 Å². The molecule has 0 aromatic carbocycles. The van der Waals surface area contributed by atoms with Crippen molar-refractivity contribution in [1.29, 1.82) is 0 Å². The van der Waals surface area contributed by atoms with Gasteiger partial charge in [-0.1, -0.05) is 24.6 Å². The summed E-state index contributed by atoms with van der Waals surface area (Å²) in [4.78, 5) is 19.2. The van der Waals surface area contributed by atoms with E-state index in [4.69, 9.17) is 0 Å². The first kappa shape index (κ1) is 18.5.